The summed E-state index contributed by atoms with van der Waals surface area (Å²) in [6, 6.07) is 7.87. The molecule has 0 saturated heterocycles. The van der Waals surface area contributed by atoms with Crippen LogP contribution in [0.5, 0.6) is 0 Å². The molecule has 1 N–H and O–H groups in total. The molecule has 0 aliphatic heterocycles. The van der Waals surface area contributed by atoms with E-state index in [1.165, 1.54) is 0 Å². The van der Waals surface area contributed by atoms with Gasteiger partial charge in [-0.15, -0.1) is 0 Å². The van der Waals surface area contributed by atoms with E-state index < -0.39 is 0 Å². The lowest BCUT2D eigenvalue weighted by Gasteiger charge is -2.06. The maximum atomic E-state index is 9.00. The van der Waals surface area contributed by atoms with Crippen molar-refractivity contribution in [3.8, 4) is 11.3 Å². The smallest absolute Gasteiger partial charge is 0.154 e. The predicted molar refractivity (Wildman–Crippen MR) is 65.8 cm³/mol. The number of aromatic nitrogens is 2. The molecule has 0 atom stereocenters. The van der Waals surface area contributed by atoms with Crippen molar-refractivity contribution in [2.24, 2.45) is 0 Å². The minimum atomic E-state index is -0.138. The predicted octanol–water partition coefficient (Wildman–Crippen LogP) is 2.71. The molecular weight excluding hydrogens is 268 g/mol. The zero-order valence-corrected chi connectivity index (χ0v) is 10.4. The second kappa shape index (κ2) is 4.72. The molecule has 4 heteroatoms. The summed E-state index contributed by atoms with van der Waals surface area (Å²) >= 11 is 3.44. The number of benzene rings is 1. The second-order valence-electron chi connectivity index (χ2n) is 3.48. The SMILES string of the molecule is Cc1ccc(Br)cc1-c1ccnc(CO)n1. The minimum absolute atomic E-state index is 0.138. The van der Waals surface area contributed by atoms with E-state index in [4.69, 9.17) is 5.11 Å². The van der Waals surface area contributed by atoms with Crippen molar-refractivity contribution in [2.75, 3.05) is 0 Å². The van der Waals surface area contributed by atoms with E-state index in [0.29, 0.717) is 5.82 Å². The topological polar surface area (TPSA) is 46.0 Å². The van der Waals surface area contributed by atoms with Gasteiger partial charge in [-0.2, -0.15) is 0 Å². The van der Waals surface area contributed by atoms with Gasteiger partial charge in [-0.05, 0) is 30.7 Å². The third kappa shape index (κ3) is 2.28. The molecule has 0 spiro atoms. The van der Waals surface area contributed by atoms with Gasteiger partial charge in [0.15, 0.2) is 5.82 Å². The van der Waals surface area contributed by atoms with Crippen molar-refractivity contribution in [3.63, 3.8) is 0 Å². The fourth-order valence-corrected chi connectivity index (χ4v) is 1.86. The molecule has 2 rings (SSSR count). The van der Waals surface area contributed by atoms with Crippen LogP contribution in [0.3, 0.4) is 0 Å². The van der Waals surface area contributed by atoms with E-state index in [9.17, 15) is 0 Å². The Morgan fingerprint density at radius 1 is 1.31 bits per heavy atom. The molecule has 1 aromatic carbocycles. The number of nitrogens with zero attached hydrogens (tertiary/aromatic N) is 2. The number of hydrogen-bond acceptors (Lipinski definition) is 3. The lowest BCUT2D eigenvalue weighted by Crippen LogP contribution is -1.96. The molecule has 0 amide bonds. The second-order valence-corrected chi connectivity index (χ2v) is 4.39. The van der Waals surface area contributed by atoms with Crippen LogP contribution in [0.4, 0.5) is 0 Å². The zero-order chi connectivity index (χ0) is 11.5. The van der Waals surface area contributed by atoms with Crippen LogP contribution in [0.2, 0.25) is 0 Å². The highest BCUT2D eigenvalue weighted by Crippen LogP contribution is 2.24. The number of aliphatic hydroxyl groups excluding tert-OH is 1. The summed E-state index contributed by atoms with van der Waals surface area (Å²) in [4.78, 5) is 8.24. The average molecular weight is 279 g/mol. The number of halogens is 1. The van der Waals surface area contributed by atoms with Crippen molar-refractivity contribution < 1.29 is 5.11 Å². The Morgan fingerprint density at radius 2 is 2.12 bits per heavy atom. The van der Waals surface area contributed by atoms with Gasteiger partial charge >= 0.3 is 0 Å². The highest BCUT2D eigenvalue weighted by Gasteiger charge is 2.05. The van der Waals surface area contributed by atoms with Gasteiger partial charge in [0.1, 0.15) is 6.61 Å². The highest BCUT2D eigenvalue weighted by atomic mass is 79.9. The summed E-state index contributed by atoms with van der Waals surface area (Å²) < 4.78 is 1.01. The maximum Gasteiger partial charge on any atom is 0.154 e. The molecule has 0 fully saturated rings. The van der Waals surface area contributed by atoms with E-state index in [2.05, 4.69) is 25.9 Å². The molecule has 0 aliphatic rings. The summed E-state index contributed by atoms with van der Waals surface area (Å²) in [7, 11) is 0. The molecule has 0 radical (unpaired) electrons. The molecule has 0 unspecified atom stereocenters. The maximum absolute atomic E-state index is 9.00. The first-order valence-corrected chi connectivity index (χ1v) is 5.69. The third-order valence-electron chi connectivity index (χ3n) is 2.32. The van der Waals surface area contributed by atoms with Crippen LogP contribution in [0.15, 0.2) is 34.9 Å². The molecule has 0 saturated carbocycles. The fourth-order valence-electron chi connectivity index (χ4n) is 1.50. The first-order chi connectivity index (χ1) is 7.70. The van der Waals surface area contributed by atoms with E-state index in [-0.39, 0.29) is 6.61 Å². The van der Waals surface area contributed by atoms with E-state index in [1.807, 2.05) is 31.2 Å². The Kier molecular flexibility index (Phi) is 3.31. The van der Waals surface area contributed by atoms with Gasteiger partial charge in [-0.25, -0.2) is 9.97 Å². The summed E-state index contributed by atoms with van der Waals surface area (Å²) in [5.41, 5.74) is 3.02. The Morgan fingerprint density at radius 3 is 2.88 bits per heavy atom. The van der Waals surface area contributed by atoms with Gasteiger partial charge in [0.25, 0.3) is 0 Å². The number of rotatable bonds is 2. The van der Waals surface area contributed by atoms with Crippen LogP contribution in [0, 0.1) is 6.92 Å². The monoisotopic (exact) mass is 278 g/mol. The lowest BCUT2D eigenvalue weighted by atomic mass is 10.1. The van der Waals surface area contributed by atoms with Crippen molar-refractivity contribution in [1.82, 2.24) is 9.97 Å². The molecule has 0 aliphatic carbocycles. The first kappa shape index (κ1) is 11.2. The quantitative estimate of drug-likeness (QED) is 0.919. The van der Waals surface area contributed by atoms with Crippen LogP contribution >= 0.6 is 15.9 Å². The minimum Gasteiger partial charge on any atom is -0.388 e. The van der Waals surface area contributed by atoms with Crippen molar-refractivity contribution in [3.05, 3.63) is 46.3 Å². The summed E-state index contributed by atoms with van der Waals surface area (Å²) in [5, 5.41) is 9.00. The molecule has 1 aromatic heterocycles. The molecule has 16 heavy (non-hydrogen) atoms. The van der Waals surface area contributed by atoms with Gasteiger partial charge in [0, 0.05) is 16.2 Å². The molecular formula is C12H11BrN2O. The van der Waals surface area contributed by atoms with E-state index in [1.54, 1.807) is 6.20 Å². The molecule has 3 nitrogen and oxygen atoms in total. The van der Waals surface area contributed by atoms with Gasteiger partial charge in [0.05, 0.1) is 5.69 Å². The van der Waals surface area contributed by atoms with Crippen molar-refractivity contribution >= 4 is 15.9 Å². The lowest BCUT2D eigenvalue weighted by molar-refractivity contribution is 0.271. The van der Waals surface area contributed by atoms with Crippen LogP contribution in [-0.4, -0.2) is 15.1 Å². The van der Waals surface area contributed by atoms with Gasteiger partial charge in [-0.3, -0.25) is 0 Å². The van der Waals surface area contributed by atoms with E-state index >= 15 is 0 Å². The standard InChI is InChI=1S/C12H11BrN2O/c1-8-2-3-9(13)6-10(8)11-4-5-14-12(7-16)15-11/h2-6,16H,7H2,1H3. The van der Waals surface area contributed by atoms with Crippen molar-refractivity contribution in [2.45, 2.75) is 13.5 Å². The Hall–Kier alpha value is -1.26. The van der Waals surface area contributed by atoms with Crippen LogP contribution in [0.25, 0.3) is 11.3 Å². The number of hydrogen-bond donors (Lipinski definition) is 1. The van der Waals surface area contributed by atoms with Crippen LogP contribution < -0.4 is 0 Å². The summed E-state index contributed by atoms with van der Waals surface area (Å²) in [6.07, 6.45) is 1.66. The summed E-state index contributed by atoms with van der Waals surface area (Å²) in [6.45, 7) is 1.89. The van der Waals surface area contributed by atoms with Gasteiger partial charge in [0.2, 0.25) is 0 Å². The molecule has 2 aromatic rings. The Bertz CT molecular complexity index is 514. The normalized spacial score (nSPS) is 10.4. The molecule has 0 bridgehead atoms. The largest absolute Gasteiger partial charge is 0.388 e. The highest BCUT2D eigenvalue weighted by molar-refractivity contribution is 9.10. The van der Waals surface area contributed by atoms with Crippen LogP contribution in [0.1, 0.15) is 11.4 Å². The summed E-state index contributed by atoms with van der Waals surface area (Å²) in [5.74, 6) is 0.442. The van der Waals surface area contributed by atoms with Gasteiger partial charge < -0.3 is 5.11 Å². The average Bonchev–Trinajstić information content (AvgIpc) is 2.32. The van der Waals surface area contributed by atoms with Crippen molar-refractivity contribution in [1.29, 1.82) is 0 Å². The fraction of sp³-hybridized carbons (Fsp3) is 0.167. The Balaban J connectivity index is 2.53. The molecule has 82 valence electrons. The van der Waals surface area contributed by atoms with Crippen LogP contribution in [-0.2, 0) is 6.61 Å². The van der Waals surface area contributed by atoms with Gasteiger partial charge in [-0.1, -0.05) is 22.0 Å². The number of aryl methyl sites for hydroxylation is 1. The third-order valence-corrected chi connectivity index (χ3v) is 2.82. The zero-order valence-electron chi connectivity index (χ0n) is 8.81. The Labute approximate surface area is 102 Å². The molecule has 1 heterocycles. The number of aliphatic hydroxyl groups is 1. The first-order valence-electron chi connectivity index (χ1n) is 4.90. The van der Waals surface area contributed by atoms with E-state index in [0.717, 1.165) is 21.3 Å².